The molecular formula is C7H18N4O2. The van der Waals surface area contributed by atoms with Gasteiger partial charge >= 0.3 is 5.97 Å². The standard InChI is InChI=1S/C7H18N4O2/c8-1-3-11(4-2-9)5-6(10)7(12)13/h6H,1-5,8-10H2,(H,12,13). The second-order valence-electron chi connectivity index (χ2n) is 2.82. The highest BCUT2D eigenvalue weighted by Crippen LogP contribution is 1.89. The van der Waals surface area contributed by atoms with Gasteiger partial charge in [0, 0.05) is 32.7 Å². The first-order valence-electron chi connectivity index (χ1n) is 4.22. The highest BCUT2D eigenvalue weighted by molar-refractivity contribution is 5.73. The van der Waals surface area contributed by atoms with Crippen LogP contribution in [0, 0.1) is 0 Å². The fraction of sp³-hybridized carbons (Fsp3) is 0.857. The van der Waals surface area contributed by atoms with E-state index in [9.17, 15) is 4.79 Å². The molecule has 0 amide bonds. The lowest BCUT2D eigenvalue weighted by atomic mass is 10.3. The normalized spacial score (nSPS) is 13.2. The molecule has 0 aliphatic carbocycles. The van der Waals surface area contributed by atoms with E-state index < -0.39 is 12.0 Å². The average molecular weight is 190 g/mol. The topological polar surface area (TPSA) is 119 Å². The summed E-state index contributed by atoms with van der Waals surface area (Å²) in [7, 11) is 0. The molecule has 6 heteroatoms. The highest BCUT2D eigenvalue weighted by Gasteiger charge is 2.15. The number of nitrogens with two attached hydrogens (primary N) is 3. The number of rotatable bonds is 7. The van der Waals surface area contributed by atoms with Crippen molar-refractivity contribution in [1.29, 1.82) is 0 Å². The third kappa shape index (κ3) is 5.53. The minimum Gasteiger partial charge on any atom is -0.480 e. The van der Waals surface area contributed by atoms with Crippen molar-refractivity contribution < 1.29 is 9.90 Å². The predicted octanol–water partition coefficient (Wildman–Crippen LogP) is -2.38. The van der Waals surface area contributed by atoms with Gasteiger partial charge in [0.1, 0.15) is 6.04 Å². The van der Waals surface area contributed by atoms with Gasteiger partial charge in [-0.25, -0.2) is 0 Å². The van der Waals surface area contributed by atoms with E-state index in [1.807, 2.05) is 4.90 Å². The zero-order valence-corrected chi connectivity index (χ0v) is 7.65. The van der Waals surface area contributed by atoms with Crippen LogP contribution < -0.4 is 17.2 Å². The Balaban J connectivity index is 3.85. The lowest BCUT2D eigenvalue weighted by Gasteiger charge is -2.22. The van der Waals surface area contributed by atoms with Crippen molar-refractivity contribution in [2.75, 3.05) is 32.7 Å². The zero-order valence-electron chi connectivity index (χ0n) is 7.65. The van der Waals surface area contributed by atoms with Crippen LogP contribution in [-0.2, 0) is 4.79 Å². The Morgan fingerprint density at radius 3 is 2.08 bits per heavy atom. The average Bonchev–Trinajstić information content (AvgIpc) is 2.05. The van der Waals surface area contributed by atoms with Crippen LogP contribution >= 0.6 is 0 Å². The molecule has 0 aromatic rings. The van der Waals surface area contributed by atoms with Crippen LogP contribution in [0.2, 0.25) is 0 Å². The fourth-order valence-corrected chi connectivity index (χ4v) is 1.02. The minimum absolute atomic E-state index is 0.295. The summed E-state index contributed by atoms with van der Waals surface area (Å²) < 4.78 is 0. The molecule has 78 valence electrons. The molecule has 0 aliphatic rings. The largest absolute Gasteiger partial charge is 0.480 e. The number of carboxylic acids is 1. The Kier molecular flexibility index (Phi) is 6.43. The zero-order chi connectivity index (χ0) is 10.3. The summed E-state index contributed by atoms with van der Waals surface area (Å²) in [5, 5.41) is 8.55. The molecule has 0 saturated carbocycles. The van der Waals surface area contributed by atoms with Gasteiger partial charge in [-0.2, -0.15) is 0 Å². The highest BCUT2D eigenvalue weighted by atomic mass is 16.4. The molecule has 7 N–H and O–H groups in total. The van der Waals surface area contributed by atoms with Gasteiger partial charge in [-0.15, -0.1) is 0 Å². The predicted molar refractivity (Wildman–Crippen MR) is 50.2 cm³/mol. The van der Waals surface area contributed by atoms with Crippen LogP contribution in [0.15, 0.2) is 0 Å². The number of carboxylic acid groups (broad SMARTS) is 1. The van der Waals surface area contributed by atoms with Gasteiger partial charge in [0.05, 0.1) is 0 Å². The van der Waals surface area contributed by atoms with E-state index in [0.717, 1.165) is 0 Å². The summed E-state index contributed by atoms with van der Waals surface area (Å²) in [5.74, 6) is -1.00. The third-order valence-corrected chi connectivity index (χ3v) is 1.66. The molecule has 0 spiro atoms. The maximum absolute atomic E-state index is 10.4. The molecular weight excluding hydrogens is 172 g/mol. The molecule has 0 radical (unpaired) electrons. The number of hydrogen-bond acceptors (Lipinski definition) is 5. The second kappa shape index (κ2) is 6.79. The first-order chi connectivity index (χ1) is 6.11. The SMILES string of the molecule is NCCN(CCN)CC(N)C(=O)O. The van der Waals surface area contributed by atoms with Gasteiger partial charge in [0.2, 0.25) is 0 Å². The molecule has 6 nitrogen and oxygen atoms in total. The maximum Gasteiger partial charge on any atom is 0.321 e. The molecule has 0 fully saturated rings. The van der Waals surface area contributed by atoms with Crippen molar-refractivity contribution >= 4 is 5.97 Å². The van der Waals surface area contributed by atoms with Crippen LogP contribution in [0.4, 0.5) is 0 Å². The van der Waals surface area contributed by atoms with Gasteiger partial charge in [0.25, 0.3) is 0 Å². The Morgan fingerprint density at radius 2 is 1.77 bits per heavy atom. The first-order valence-corrected chi connectivity index (χ1v) is 4.22. The Hall–Kier alpha value is -0.690. The lowest BCUT2D eigenvalue weighted by Crippen LogP contribution is -2.45. The van der Waals surface area contributed by atoms with E-state index >= 15 is 0 Å². The fourth-order valence-electron chi connectivity index (χ4n) is 1.02. The van der Waals surface area contributed by atoms with Gasteiger partial charge in [-0.3, -0.25) is 9.69 Å². The summed E-state index contributed by atoms with van der Waals surface area (Å²) in [6, 6.07) is -0.863. The van der Waals surface area contributed by atoms with E-state index in [2.05, 4.69) is 0 Å². The summed E-state index contributed by atoms with van der Waals surface area (Å²) in [5.41, 5.74) is 16.0. The molecule has 0 rings (SSSR count). The van der Waals surface area contributed by atoms with Crippen LogP contribution in [0.1, 0.15) is 0 Å². The van der Waals surface area contributed by atoms with Gasteiger partial charge in [0.15, 0.2) is 0 Å². The first kappa shape index (κ1) is 12.3. The molecule has 0 aliphatic heterocycles. The van der Waals surface area contributed by atoms with Crippen LogP contribution in [0.5, 0.6) is 0 Å². The minimum atomic E-state index is -1.00. The summed E-state index contributed by atoms with van der Waals surface area (Å²) in [4.78, 5) is 12.3. The Bertz CT molecular complexity index is 147. The number of hydrogen-bond donors (Lipinski definition) is 4. The van der Waals surface area contributed by atoms with E-state index in [1.54, 1.807) is 0 Å². The van der Waals surface area contributed by atoms with Gasteiger partial charge in [-0.05, 0) is 0 Å². The van der Waals surface area contributed by atoms with Crippen LogP contribution in [-0.4, -0.2) is 54.7 Å². The van der Waals surface area contributed by atoms with Crippen molar-refractivity contribution in [3.63, 3.8) is 0 Å². The smallest absolute Gasteiger partial charge is 0.321 e. The maximum atomic E-state index is 10.4. The Labute approximate surface area is 77.7 Å². The summed E-state index contributed by atoms with van der Waals surface area (Å²) >= 11 is 0. The van der Waals surface area contributed by atoms with Crippen LogP contribution in [0.3, 0.4) is 0 Å². The molecule has 0 bridgehead atoms. The Morgan fingerprint density at radius 1 is 1.31 bits per heavy atom. The van der Waals surface area contributed by atoms with E-state index in [4.69, 9.17) is 22.3 Å². The van der Waals surface area contributed by atoms with E-state index in [1.165, 1.54) is 0 Å². The molecule has 0 aromatic heterocycles. The van der Waals surface area contributed by atoms with E-state index in [0.29, 0.717) is 32.7 Å². The molecule has 0 aromatic carbocycles. The number of nitrogens with zero attached hydrogens (tertiary/aromatic N) is 1. The van der Waals surface area contributed by atoms with Crippen molar-refractivity contribution in [1.82, 2.24) is 4.90 Å². The summed E-state index contributed by atoms with van der Waals surface area (Å²) in [6.45, 7) is 2.50. The monoisotopic (exact) mass is 190 g/mol. The van der Waals surface area contributed by atoms with Crippen molar-refractivity contribution in [3.05, 3.63) is 0 Å². The van der Waals surface area contributed by atoms with Crippen molar-refractivity contribution in [3.8, 4) is 0 Å². The van der Waals surface area contributed by atoms with Gasteiger partial charge in [-0.1, -0.05) is 0 Å². The van der Waals surface area contributed by atoms with Crippen molar-refractivity contribution in [2.24, 2.45) is 17.2 Å². The number of aliphatic carboxylic acids is 1. The van der Waals surface area contributed by atoms with E-state index in [-0.39, 0.29) is 0 Å². The lowest BCUT2D eigenvalue weighted by molar-refractivity contribution is -0.139. The second-order valence-corrected chi connectivity index (χ2v) is 2.82. The third-order valence-electron chi connectivity index (χ3n) is 1.66. The molecule has 0 heterocycles. The molecule has 1 unspecified atom stereocenters. The molecule has 0 saturated heterocycles. The van der Waals surface area contributed by atoms with Gasteiger partial charge < -0.3 is 22.3 Å². The van der Waals surface area contributed by atoms with Crippen molar-refractivity contribution in [2.45, 2.75) is 6.04 Å². The molecule has 1 atom stereocenters. The van der Waals surface area contributed by atoms with Crippen LogP contribution in [0.25, 0.3) is 0 Å². The number of carbonyl (C=O) groups is 1. The quantitative estimate of drug-likeness (QED) is 0.356. The summed E-state index contributed by atoms with van der Waals surface area (Å²) in [6.07, 6.45) is 0. The molecule has 13 heavy (non-hydrogen) atoms.